The van der Waals surface area contributed by atoms with Gasteiger partial charge < -0.3 is 15.4 Å². The van der Waals surface area contributed by atoms with Gasteiger partial charge in [0.25, 0.3) is 0 Å². The summed E-state index contributed by atoms with van der Waals surface area (Å²) in [5, 5.41) is 6.57. The topological polar surface area (TPSA) is 110 Å². The highest BCUT2D eigenvalue weighted by atomic mass is 32.2. The van der Waals surface area contributed by atoms with E-state index in [-0.39, 0.29) is 40.1 Å². The van der Waals surface area contributed by atoms with E-state index >= 15 is 4.39 Å². The third-order valence-corrected chi connectivity index (χ3v) is 9.24. The maximum Gasteiger partial charge on any atom is 0.223 e. The van der Waals surface area contributed by atoms with Gasteiger partial charge in [-0.3, -0.25) is 4.79 Å². The fraction of sp³-hybridized carbons (Fsp3) is 0.387. The molecule has 1 aromatic heterocycles. The number of hydrogen-bond acceptors (Lipinski definition) is 8. The van der Waals surface area contributed by atoms with Crippen LogP contribution in [0.5, 0.6) is 0 Å². The van der Waals surface area contributed by atoms with Crippen molar-refractivity contribution in [2.24, 2.45) is 5.92 Å². The SMILES string of the molecule is CC(C)CC1(C)OC(c2ccnc(NC[C@@H]3CCCN3)n2)=C(c2cccc(CS(=O)(=O)c3c(F)cccc3F)c2F)C1=O. The van der Waals surface area contributed by atoms with Gasteiger partial charge >= 0.3 is 0 Å². The first-order valence-corrected chi connectivity index (χ1v) is 15.8. The van der Waals surface area contributed by atoms with Gasteiger partial charge in [-0.2, -0.15) is 0 Å². The standard InChI is InChI=1S/C31H33F3N4O4S/c1-18(2)15-31(3)29(39)25(27(42-31)24-12-14-36-30(38-24)37-16-20-8-6-13-35-20)21-9-4-7-19(26(21)34)17-43(40,41)28-22(32)10-5-11-23(28)33/h4-5,7,9-12,14,18,20,35H,6,8,13,15-17H2,1-3H3,(H,36,37,38)/t20-,31?/m0/s1. The van der Waals surface area contributed by atoms with Gasteiger partial charge in [0.2, 0.25) is 11.7 Å². The first-order valence-electron chi connectivity index (χ1n) is 14.1. The van der Waals surface area contributed by atoms with Crippen LogP contribution in [0.1, 0.15) is 56.9 Å². The summed E-state index contributed by atoms with van der Waals surface area (Å²) in [5.74, 6) is -4.69. The third-order valence-electron chi connectivity index (χ3n) is 7.54. The summed E-state index contributed by atoms with van der Waals surface area (Å²) in [7, 11) is -4.63. The molecule has 8 nitrogen and oxygen atoms in total. The van der Waals surface area contributed by atoms with E-state index in [1.54, 1.807) is 13.0 Å². The number of carbonyl (C=O) groups is 1. The lowest BCUT2D eigenvalue weighted by Crippen LogP contribution is -2.35. The summed E-state index contributed by atoms with van der Waals surface area (Å²) < 4.78 is 77.1. The van der Waals surface area contributed by atoms with Gasteiger partial charge in [0.15, 0.2) is 21.2 Å². The number of ketones is 1. The van der Waals surface area contributed by atoms with Gasteiger partial charge in [-0.05, 0) is 56.8 Å². The van der Waals surface area contributed by atoms with Crippen molar-refractivity contribution in [2.45, 2.75) is 62.3 Å². The molecular formula is C31H33F3N4O4S. The maximum atomic E-state index is 16.2. The van der Waals surface area contributed by atoms with Crippen LogP contribution in [0.15, 0.2) is 53.6 Å². The molecule has 0 spiro atoms. The molecule has 0 radical (unpaired) electrons. The number of benzene rings is 2. The highest BCUT2D eigenvalue weighted by Gasteiger charge is 2.48. The Hall–Kier alpha value is -3.77. The molecule has 0 saturated carbocycles. The molecule has 1 saturated heterocycles. The number of rotatable bonds is 10. The Morgan fingerprint density at radius 3 is 2.51 bits per heavy atom. The Labute approximate surface area is 248 Å². The minimum atomic E-state index is -4.63. The lowest BCUT2D eigenvalue weighted by atomic mass is 9.85. The second-order valence-electron chi connectivity index (χ2n) is 11.5. The smallest absolute Gasteiger partial charge is 0.223 e. The van der Waals surface area contributed by atoms with E-state index < -0.39 is 49.3 Å². The largest absolute Gasteiger partial charge is 0.476 e. The van der Waals surface area contributed by atoms with Gasteiger partial charge in [-0.15, -0.1) is 0 Å². The van der Waals surface area contributed by atoms with E-state index in [1.807, 2.05) is 13.8 Å². The number of nitrogens with zero attached hydrogens (tertiary/aromatic N) is 2. The summed E-state index contributed by atoms with van der Waals surface area (Å²) in [6.07, 6.45) is 3.92. The molecule has 2 N–H and O–H groups in total. The van der Waals surface area contributed by atoms with Crippen molar-refractivity contribution >= 4 is 32.9 Å². The number of Topliss-reactive ketones (excluding diaryl/α,β-unsaturated/α-hetero) is 1. The molecule has 2 aliphatic rings. The molecule has 1 fully saturated rings. The van der Waals surface area contributed by atoms with Gasteiger partial charge in [0.1, 0.15) is 28.0 Å². The zero-order chi connectivity index (χ0) is 30.9. The molecule has 12 heteroatoms. The van der Waals surface area contributed by atoms with Gasteiger partial charge in [0.05, 0.1) is 11.3 Å². The van der Waals surface area contributed by atoms with E-state index in [1.165, 1.54) is 24.4 Å². The molecule has 0 amide bonds. The van der Waals surface area contributed by atoms with Crippen LogP contribution in [0.2, 0.25) is 0 Å². The van der Waals surface area contributed by atoms with Crippen molar-refractivity contribution in [3.05, 3.63) is 82.9 Å². The van der Waals surface area contributed by atoms with Crippen LogP contribution in [0, 0.1) is 23.4 Å². The predicted octanol–water partition coefficient (Wildman–Crippen LogP) is 5.30. The number of hydrogen-bond donors (Lipinski definition) is 2. The van der Waals surface area contributed by atoms with Crippen molar-refractivity contribution in [3.8, 4) is 0 Å². The summed E-state index contributed by atoms with van der Waals surface area (Å²) in [6.45, 7) is 7.01. The lowest BCUT2D eigenvalue weighted by molar-refractivity contribution is -0.127. The van der Waals surface area contributed by atoms with E-state index in [0.717, 1.165) is 37.6 Å². The van der Waals surface area contributed by atoms with E-state index in [2.05, 4.69) is 20.6 Å². The Balaban J connectivity index is 1.56. The van der Waals surface area contributed by atoms with Crippen molar-refractivity contribution in [1.29, 1.82) is 0 Å². The molecular weight excluding hydrogens is 581 g/mol. The molecule has 5 rings (SSSR count). The number of aromatic nitrogens is 2. The summed E-state index contributed by atoms with van der Waals surface area (Å²) in [5.41, 5.74) is -1.74. The monoisotopic (exact) mass is 614 g/mol. The highest BCUT2D eigenvalue weighted by Crippen LogP contribution is 2.44. The lowest BCUT2D eigenvalue weighted by Gasteiger charge is -2.25. The molecule has 3 aromatic rings. The second kappa shape index (κ2) is 12.1. The van der Waals surface area contributed by atoms with E-state index in [0.29, 0.717) is 18.9 Å². The molecule has 0 bridgehead atoms. The van der Waals surface area contributed by atoms with Gasteiger partial charge in [-0.1, -0.05) is 38.1 Å². The van der Waals surface area contributed by atoms with Crippen LogP contribution in [-0.4, -0.2) is 48.9 Å². The molecule has 3 heterocycles. The minimum Gasteiger partial charge on any atom is -0.476 e. The zero-order valence-corrected chi connectivity index (χ0v) is 24.9. The van der Waals surface area contributed by atoms with Crippen molar-refractivity contribution in [1.82, 2.24) is 15.3 Å². The molecule has 43 heavy (non-hydrogen) atoms. The predicted molar refractivity (Wildman–Crippen MR) is 156 cm³/mol. The van der Waals surface area contributed by atoms with Crippen LogP contribution < -0.4 is 10.6 Å². The van der Waals surface area contributed by atoms with Gasteiger partial charge in [-0.25, -0.2) is 31.6 Å². The van der Waals surface area contributed by atoms with Crippen LogP contribution >= 0.6 is 0 Å². The Morgan fingerprint density at radius 2 is 1.84 bits per heavy atom. The molecule has 2 aromatic carbocycles. The number of carbonyl (C=O) groups excluding carboxylic acids is 1. The van der Waals surface area contributed by atoms with Gasteiger partial charge in [0, 0.05) is 29.9 Å². The molecule has 2 aliphatic heterocycles. The zero-order valence-electron chi connectivity index (χ0n) is 24.1. The van der Waals surface area contributed by atoms with Crippen molar-refractivity contribution < 1.29 is 31.1 Å². The minimum absolute atomic E-state index is 0.0386. The summed E-state index contributed by atoms with van der Waals surface area (Å²) in [6, 6.07) is 8.43. The van der Waals surface area contributed by atoms with E-state index in [4.69, 9.17) is 4.74 Å². The second-order valence-corrected chi connectivity index (χ2v) is 13.4. The van der Waals surface area contributed by atoms with Crippen LogP contribution in [-0.2, 0) is 25.1 Å². The number of anilines is 1. The average molecular weight is 615 g/mol. The average Bonchev–Trinajstić information content (AvgIpc) is 3.55. The maximum absolute atomic E-state index is 16.2. The van der Waals surface area contributed by atoms with E-state index in [9.17, 15) is 22.0 Å². The highest BCUT2D eigenvalue weighted by molar-refractivity contribution is 7.90. The number of nitrogens with one attached hydrogen (secondary N) is 2. The summed E-state index contributed by atoms with van der Waals surface area (Å²) >= 11 is 0. The number of sulfone groups is 1. The Kier molecular flexibility index (Phi) is 8.62. The van der Waals surface area contributed by atoms with Crippen molar-refractivity contribution in [3.63, 3.8) is 0 Å². The fourth-order valence-corrected chi connectivity index (χ4v) is 7.19. The van der Waals surface area contributed by atoms with Crippen molar-refractivity contribution in [2.75, 3.05) is 18.4 Å². The third kappa shape index (κ3) is 6.30. The first-order chi connectivity index (χ1) is 20.4. The first kappa shape index (κ1) is 30.7. The summed E-state index contributed by atoms with van der Waals surface area (Å²) in [4.78, 5) is 21.6. The quantitative estimate of drug-likeness (QED) is 0.317. The molecule has 1 unspecified atom stereocenters. The normalized spacial score (nSPS) is 20.6. The van der Waals surface area contributed by atoms with Crippen LogP contribution in [0.4, 0.5) is 19.1 Å². The Morgan fingerprint density at radius 1 is 1.12 bits per heavy atom. The number of ether oxygens (including phenoxy) is 1. The number of halogens is 3. The molecule has 0 aliphatic carbocycles. The Bertz CT molecular complexity index is 1670. The molecule has 228 valence electrons. The fourth-order valence-electron chi connectivity index (χ4n) is 5.69. The van der Waals surface area contributed by atoms with Crippen LogP contribution in [0.3, 0.4) is 0 Å². The molecule has 2 atom stereocenters. The van der Waals surface area contributed by atoms with Crippen LogP contribution in [0.25, 0.3) is 11.3 Å².